The fraction of sp³-hybridized carbons (Fsp3) is 0.229. The summed E-state index contributed by atoms with van der Waals surface area (Å²) >= 11 is 0. The van der Waals surface area contributed by atoms with Gasteiger partial charge in [0.05, 0.1) is 26.2 Å². The lowest BCUT2D eigenvalue weighted by atomic mass is 9.91. The Balaban J connectivity index is 1.49. The molecule has 5 rings (SSSR count). The summed E-state index contributed by atoms with van der Waals surface area (Å²) in [5, 5.41) is 19.6. The fourth-order valence-electron chi connectivity index (χ4n) is 5.56. The third kappa shape index (κ3) is 6.60. The Kier molecular flexibility index (Phi) is 9.17. The molecule has 0 spiro atoms. The number of hydrogen-bond acceptors (Lipinski definition) is 5. The highest BCUT2D eigenvalue weighted by Gasteiger charge is 2.31. The number of aliphatic hydroxyl groups excluding tert-OH is 1. The number of fused-ring (bicyclic) bond motifs is 1. The van der Waals surface area contributed by atoms with E-state index in [1.165, 1.54) is 4.90 Å². The Morgan fingerprint density at radius 3 is 2.09 bits per heavy atom. The van der Waals surface area contributed by atoms with Crippen molar-refractivity contribution in [3.63, 3.8) is 0 Å². The molecule has 0 unspecified atom stereocenters. The van der Waals surface area contributed by atoms with Crippen LogP contribution in [-0.2, 0) is 24.3 Å². The van der Waals surface area contributed by atoms with Crippen LogP contribution < -0.4 is 4.74 Å². The van der Waals surface area contributed by atoms with E-state index in [1.54, 1.807) is 54.5 Å². The van der Waals surface area contributed by atoms with E-state index in [2.05, 4.69) is 0 Å². The SMILES string of the molecule is COc1ccc(CN(CCC(=O)O)C(=O)c2ccccc2-c2ccccc2C(=O)N2Cc3ccccc3C[C@H]2CO)cc1. The van der Waals surface area contributed by atoms with Crippen LogP contribution in [0.3, 0.4) is 0 Å². The van der Waals surface area contributed by atoms with Gasteiger partial charge in [0.15, 0.2) is 0 Å². The number of amides is 2. The van der Waals surface area contributed by atoms with Gasteiger partial charge < -0.3 is 24.7 Å². The van der Waals surface area contributed by atoms with Crippen molar-refractivity contribution in [2.24, 2.45) is 0 Å². The summed E-state index contributed by atoms with van der Waals surface area (Å²) in [5.74, 6) is -0.889. The predicted molar refractivity (Wildman–Crippen MR) is 163 cm³/mol. The molecule has 1 aliphatic rings. The van der Waals surface area contributed by atoms with E-state index >= 15 is 0 Å². The van der Waals surface area contributed by atoms with E-state index in [0.29, 0.717) is 41.0 Å². The van der Waals surface area contributed by atoms with Crippen molar-refractivity contribution in [3.8, 4) is 16.9 Å². The van der Waals surface area contributed by atoms with E-state index in [1.807, 2.05) is 54.6 Å². The smallest absolute Gasteiger partial charge is 0.305 e. The largest absolute Gasteiger partial charge is 0.497 e. The highest BCUT2D eigenvalue weighted by molar-refractivity contribution is 6.06. The van der Waals surface area contributed by atoms with E-state index in [9.17, 15) is 24.6 Å². The van der Waals surface area contributed by atoms with Crippen molar-refractivity contribution in [1.82, 2.24) is 9.80 Å². The van der Waals surface area contributed by atoms with Gasteiger partial charge in [0, 0.05) is 30.8 Å². The van der Waals surface area contributed by atoms with Crippen molar-refractivity contribution >= 4 is 17.8 Å². The summed E-state index contributed by atoms with van der Waals surface area (Å²) in [4.78, 5) is 42.9. The van der Waals surface area contributed by atoms with Crippen molar-refractivity contribution in [2.75, 3.05) is 20.3 Å². The van der Waals surface area contributed by atoms with E-state index in [4.69, 9.17) is 4.74 Å². The Hall–Kier alpha value is -4.95. The number of hydrogen-bond donors (Lipinski definition) is 2. The number of carboxylic acids is 1. The molecule has 1 heterocycles. The van der Waals surface area contributed by atoms with Gasteiger partial charge in [-0.1, -0.05) is 72.8 Å². The third-order valence-corrected chi connectivity index (χ3v) is 7.85. The zero-order valence-electron chi connectivity index (χ0n) is 24.0. The van der Waals surface area contributed by atoms with Crippen LogP contribution in [0.4, 0.5) is 0 Å². The zero-order chi connectivity index (χ0) is 30.3. The maximum atomic E-state index is 14.1. The summed E-state index contributed by atoms with van der Waals surface area (Å²) in [6, 6.07) is 29.1. The number of carboxylic acid groups (broad SMARTS) is 1. The first-order chi connectivity index (χ1) is 20.9. The van der Waals surface area contributed by atoms with E-state index in [0.717, 1.165) is 16.7 Å². The van der Waals surface area contributed by atoms with Gasteiger partial charge in [-0.25, -0.2) is 0 Å². The molecule has 8 nitrogen and oxygen atoms in total. The summed E-state index contributed by atoms with van der Waals surface area (Å²) in [7, 11) is 1.57. The lowest BCUT2D eigenvalue weighted by Crippen LogP contribution is -2.46. The quantitative estimate of drug-likeness (QED) is 0.273. The summed E-state index contributed by atoms with van der Waals surface area (Å²) in [5.41, 5.74) is 4.94. The average molecular weight is 579 g/mol. The fourth-order valence-corrected chi connectivity index (χ4v) is 5.56. The number of aliphatic carboxylic acids is 1. The molecule has 2 N–H and O–H groups in total. The summed E-state index contributed by atoms with van der Waals surface area (Å²) < 4.78 is 5.24. The molecule has 4 aromatic carbocycles. The average Bonchev–Trinajstić information content (AvgIpc) is 3.05. The van der Waals surface area contributed by atoms with Gasteiger partial charge in [0.1, 0.15) is 5.75 Å². The number of nitrogens with zero attached hydrogens (tertiary/aromatic N) is 2. The van der Waals surface area contributed by atoms with Gasteiger partial charge >= 0.3 is 5.97 Å². The second-order valence-electron chi connectivity index (χ2n) is 10.6. The Labute approximate surface area is 250 Å². The first-order valence-corrected chi connectivity index (χ1v) is 14.2. The Morgan fingerprint density at radius 2 is 1.44 bits per heavy atom. The highest BCUT2D eigenvalue weighted by Crippen LogP contribution is 2.32. The second kappa shape index (κ2) is 13.4. The van der Waals surface area contributed by atoms with Crippen LogP contribution in [0.2, 0.25) is 0 Å². The standard InChI is InChI=1S/C35H34N2O6/c1-43-28-16-14-24(15-17-28)21-36(19-18-33(39)40)34(41)31-12-6-4-10-29(31)30-11-5-7-13-32(30)35(42)37-22-26-9-3-2-8-25(26)20-27(37)23-38/h2-17,27,38H,18-23H2,1H3,(H,39,40)/t27-/m0/s1. The molecule has 2 amide bonds. The molecule has 0 radical (unpaired) electrons. The molecule has 0 aromatic heterocycles. The Morgan fingerprint density at radius 1 is 0.837 bits per heavy atom. The Bertz CT molecular complexity index is 1620. The number of rotatable bonds is 10. The lowest BCUT2D eigenvalue weighted by Gasteiger charge is -2.36. The number of methoxy groups -OCH3 is 1. The molecule has 220 valence electrons. The molecular weight excluding hydrogens is 544 g/mol. The number of aliphatic hydroxyl groups is 1. The van der Waals surface area contributed by atoms with Crippen LogP contribution in [0, 0.1) is 0 Å². The number of carbonyl (C=O) groups is 3. The minimum Gasteiger partial charge on any atom is -0.497 e. The van der Waals surface area contributed by atoms with Gasteiger partial charge in [-0.2, -0.15) is 0 Å². The maximum Gasteiger partial charge on any atom is 0.305 e. The van der Waals surface area contributed by atoms with Gasteiger partial charge in [-0.05, 0) is 58.5 Å². The minimum atomic E-state index is -1.00. The molecule has 0 aliphatic carbocycles. The van der Waals surface area contributed by atoms with Crippen LogP contribution in [-0.4, -0.2) is 64.1 Å². The number of benzene rings is 4. The van der Waals surface area contributed by atoms with Crippen molar-refractivity contribution in [2.45, 2.75) is 32.0 Å². The molecule has 0 saturated carbocycles. The van der Waals surface area contributed by atoms with E-state index < -0.39 is 5.97 Å². The molecule has 0 bridgehead atoms. The van der Waals surface area contributed by atoms with Crippen molar-refractivity contribution in [1.29, 1.82) is 0 Å². The monoisotopic (exact) mass is 578 g/mol. The molecule has 43 heavy (non-hydrogen) atoms. The molecule has 0 saturated heterocycles. The number of ether oxygens (including phenoxy) is 1. The molecule has 4 aromatic rings. The molecule has 1 aliphatic heterocycles. The molecule has 0 fully saturated rings. The normalized spacial score (nSPS) is 14.1. The van der Waals surface area contributed by atoms with Crippen LogP contribution in [0.25, 0.3) is 11.1 Å². The van der Waals surface area contributed by atoms with Crippen LogP contribution in [0.1, 0.15) is 43.8 Å². The van der Waals surface area contributed by atoms with Crippen LogP contribution in [0.5, 0.6) is 5.75 Å². The first kappa shape index (κ1) is 29.5. The zero-order valence-corrected chi connectivity index (χ0v) is 24.0. The van der Waals surface area contributed by atoms with Gasteiger partial charge in [0.25, 0.3) is 11.8 Å². The molecule has 8 heteroatoms. The van der Waals surface area contributed by atoms with Gasteiger partial charge in [0.2, 0.25) is 0 Å². The first-order valence-electron chi connectivity index (χ1n) is 14.2. The molecule has 1 atom stereocenters. The van der Waals surface area contributed by atoms with Gasteiger partial charge in [-0.3, -0.25) is 14.4 Å². The van der Waals surface area contributed by atoms with Crippen molar-refractivity contribution < 1.29 is 29.3 Å². The lowest BCUT2D eigenvalue weighted by molar-refractivity contribution is -0.137. The van der Waals surface area contributed by atoms with E-state index in [-0.39, 0.29) is 44.0 Å². The minimum absolute atomic E-state index is 0.0144. The summed E-state index contributed by atoms with van der Waals surface area (Å²) in [6.07, 6.45) is 0.345. The van der Waals surface area contributed by atoms with Crippen molar-refractivity contribution in [3.05, 3.63) is 125 Å². The van der Waals surface area contributed by atoms with Crippen LogP contribution in [0.15, 0.2) is 97.1 Å². The highest BCUT2D eigenvalue weighted by atomic mass is 16.5. The third-order valence-electron chi connectivity index (χ3n) is 7.85. The maximum absolute atomic E-state index is 14.1. The summed E-state index contributed by atoms with van der Waals surface area (Å²) in [6.45, 7) is 0.429. The number of carbonyl (C=O) groups excluding carboxylic acids is 2. The molecular formula is C35H34N2O6. The van der Waals surface area contributed by atoms with Gasteiger partial charge in [-0.15, -0.1) is 0 Å². The van der Waals surface area contributed by atoms with Crippen LogP contribution >= 0.6 is 0 Å². The predicted octanol–water partition coefficient (Wildman–Crippen LogP) is 5.04. The second-order valence-corrected chi connectivity index (χ2v) is 10.6. The topological polar surface area (TPSA) is 107 Å².